The number of amides is 1. The van der Waals surface area contributed by atoms with Crippen LogP contribution in [0.1, 0.15) is 21.5 Å². The highest BCUT2D eigenvalue weighted by Gasteiger charge is 2.31. The van der Waals surface area contributed by atoms with Gasteiger partial charge in [-0.1, -0.05) is 66.7 Å². The lowest BCUT2D eigenvalue weighted by molar-refractivity contribution is 0.0779. The molecular weight excluding hydrogens is 550 g/mol. The second-order valence-electron chi connectivity index (χ2n) is 10.1. The monoisotopic (exact) mass is 583 g/mol. The number of sulfonamides is 1. The molecule has 1 heterocycles. The summed E-state index contributed by atoms with van der Waals surface area (Å²) >= 11 is 0. The van der Waals surface area contributed by atoms with E-state index in [1.54, 1.807) is 30.5 Å². The molecule has 8 nitrogen and oxygen atoms in total. The van der Waals surface area contributed by atoms with Crippen molar-refractivity contribution in [3.63, 3.8) is 0 Å². The van der Waals surface area contributed by atoms with E-state index in [0.29, 0.717) is 17.7 Å². The van der Waals surface area contributed by atoms with E-state index >= 15 is 0 Å². The average molecular weight is 584 g/mol. The van der Waals surface area contributed by atoms with Gasteiger partial charge in [-0.15, -0.1) is 0 Å². The number of aromatic nitrogens is 1. The Kier molecular flexibility index (Phi) is 9.02. The van der Waals surface area contributed by atoms with E-state index in [1.807, 2.05) is 72.8 Å². The van der Waals surface area contributed by atoms with Crippen molar-refractivity contribution in [2.24, 2.45) is 0 Å². The molecule has 3 N–H and O–H groups in total. The zero-order valence-electron chi connectivity index (χ0n) is 23.2. The summed E-state index contributed by atoms with van der Waals surface area (Å²) in [5, 5.41) is 15.5. The van der Waals surface area contributed by atoms with E-state index in [1.165, 1.54) is 23.5 Å². The third kappa shape index (κ3) is 6.88. The minimum Gasteiger partial charge on any atom is -0.497 e. The fraction of sp³-hybridized carbons (Fsp3) is 0.182. The van der Waals surface area contributed by atoms with E-state index in [4.69, 9.17) is 4.74 Å². The van der Waals surface area contributed by atoms with Crippen LogP contribution in [0.2, 0.25) is 0 Å². The van der Waals surface area contributed by atoms with Crippen LogP contribution in [0, 0.1) is 0 Å². The molecular formula is C33H33N3O5S. The van der Waals surface area contributed by atoms with Crippen LogP contribution >= 0.6 is 0 Å². The van der Waals surface area contributed by atoms with Gasteiger partial charge < -0.3 is 20.1 Å². The lowest BCUT2D eigenvalue weighted by Gasteiger charge is -2.30. The first-order valence-corrected chi connectivity index (χ1v) is 15.1. The molecule has 0 unspecified atom stereocenters. The molecule has 0 spiro atoms. The quantitative estimate of drug-likeness (QED) is 0.196. The van der Waals surface area contributed by atoms with Crippen LogP contribution in [0.5, 0.6) is 5.75 Å². The van der Waals surface area contributed by atoms with Gasteiger partial charge in [-0.2, -0.15) is 4.31 Å². The van der Waals surface area contributed by atoms with Crippen LogP contribution < -0.4 is 10.1 Å². The van der Waals surface area contributed by atoms with E-state index in [0.717, 1.165) is 22.0 Å². The number of aromatic amines is 1. The van der Waals surface area contributed by atoms with Crippen LogP contribution in [0.25, 0.3) is 10.9 Å². The number of carbonyl (C=O) groups excluding carboxylic acids is 1. The number of aliphatic hydroxyl groups excluding tert-OH is 1. The topological polar surface area (TPSA) is 112 Å². The normalized spacial score (nSPS) is 13.1. The number of rotatable bonds is 12. The van der Waals surface area contributed by atoms with Crippen LogP contribution in [0.15, 0.2) is 120 Å². The van der Waals surface area contributed by atoms with Gasteiger partial charge in [0.05, 0.1) is 24.2 Å². The molecule has 42 heavy (non-hydrogen) atoms. The average Bonchev–Trinajstić information content (AvgIpc) is 3.49. The summed E-state index contributed by atoms with van der Waals surface area (Å²) in [5.41, 5.74) is 3.01. The first kappa shape index (κ1) is 29.1. The summed E-state index contributed by atoms with van der Waals surface area (Å²) in [7, 11) is -2.58. The highest BCUT2D eigenvalue weighted by atomic mass is 32.2. The highest BCUT2D eigenvalue weighted by Crippen LogP contribution is 2.24. The van der Waals surface area contributed by atoms with E-state index in [9.17, 15) is 18.3 Å². The molecule has 0 fully saturated rings. The number of H-pyrrole nitrogens is 1. The standard InChI is InChI=1S/C33H33N3O5S/c1-41-28-13-8-14-29(21-28)42(39,40)36(22-25-11-6-3-7-12-25)23-32(37)31(19-24-9-4-2-5-10-24)35-33(38)27-15-16-30-26(20-27)17-18-34-30/h2-18,20-21,31-32,34,37H,19,22-23H2,1H3,(H,35,38)/t31-,32+/m0/s1. The third-order valence-corrected chi connectivity index (χ3v) is 8.97. The SMILES string of the molecule is COc1cccc(S(=O)(=O)N(Cc2ccccc2)C[C@@H](O)[C@H](Cc2ccccc2)NC(=O)c2ccc3[nH]ccc3c2)c1. The molecule has 1 aromatic heterocycles. The number of ether oxygens (including phenoxy) is 1. The van der Waals surface area contributed by atoms with Gasteiger partial charge in [0.15, 0.2) is 0 Å². The molecule has 0 bridgehead atoms. The maximum atomic E-state index is 13.9. The van der Waals surface area contributed by atoms with Gasteiger partial charge in [-0.25, -0.2) is 8.42 Å². The van der Waals surface area contributed by atoms with E-state index in [-0.39, 0.29) is 23.9 Å². The lowest BCUT2D eigenvalue weighted by Crippen LogP contribution is -2.50. The Balaban J connectivity index is 1.45. The number of carbonyl (C=O) groups is 1. The molecule has 0 saturated carbocycles. The first-order valence-electron chi connectivity index (χ1n) is 13.6. The molecule has 0 aliphatic rings. The Morgan fingerprint density at radius 3 is 2.33 bits per heavy atom. The Labute approximate surface area is 245 Å². The predicted molar refractivity (Wildman–Crippen MR) is 163 cm³/mol. The van der Waals surface area contributed by atoms with Crippen molar-refractivity contribution in [1.29, 1.82) is 0 Å². The largest absolute Gasteiger partial charge is 0.497 e. The van der Waals surface area contributed by atoms with Crippen molar-refractivity contribution < 1.29 is 23.1 Å². The van der Waals surface area contributed by atoms with Gasteiger partial charge in [0.25, 0.3) is 5.91 Å². The zero-order chi connectivity index (χ0) is 29.5. The zero-order valence-corrected chi connectivity index (χ0v) is 24.0. The molecule has 0 aliphatic carbocycles. The maximum absolute atomic E-state index is 13.9. The maximum Gasteiger partial charge on any atom is 0.251 e. The van der Waals surface area contributed by atoms with Gasteiger partial charge in [-0.3, -0.25) is 4.79 Å². The van der Waals surface area contributed by atoms with Crippen molar-refractivity contribution in [3.8, 4) is 5.75 Å². The van der Waals surface area contributed by atoms with Gasteiger partial charge >= 0.3 is 0 Å². The number of hydrogen-bond donors (Lipinski definition) is 3. The van der Waals surface area contributed by atoms with Crippen molar-refractivity contribution in [1.82, 2.24) is 14.6 Å². The van der Waals surface area contributed by atoms with E-state index in [2.05, 4.69) is 10.3 Å². The Morgan fingerprint density at radius 2 is 1.62 bits per heavy atom. The van der Waals surface area contributed by atoms with Gasteiger partial charge in [-0.05, 0) is 53.9 Å². The lowest BCUT2D eigenvalue weighted by atomic mass is 10.00. The summed E-state index contributed by atoms with van der Waals surface area (Å²) in [6.07, 6.45) is 0.881. The molecule has 0 saturated heterocycles. The molecule has 0 radical (unpaired) electrons. The fourth-order valence-electron chi connectivity index (χ4n) is 4.88. The number of aliphatic hydroxyl groups is 1. The fourth-order valence-corrected chi connectivity index (χ4v) is 6.36. The smallest absolute Gasteiger partial charge is 0.251 e. The number of nitrogens with one attached hydrogen (secondary N) is 2. The van der Waals surface area contributed by atoms with Crippen LogP contribution in [-0.4, -0.2) is 54.5 Å². The minimum atomic E-state index is -4.05. The summed E-state index contributed by atoms with van der Waals surface area (Å²) in [6, 6.07) is 31.4. The second-order valence-corrected chi connectivity index (χ2v) is 12.0. The van der Waals surface area contributed by atoms with Crippen molar-refractivity contribution in [3.05, 3.63) is 132 Å². The second kappa shape index (κ2) is 13.0. The Hall–Kier alpha value is -4.44. The van der Waals surface area contributed by atoms with Gasteiger partial charge in [0, 0.05) is 41.8 Å². The molecule has 0 aliphatic heterocycles. The molecule has 1 amide bonds. The Bertz CT molecular complexity index is 1740. The molecule has 2 atom stereocenters. The van der Waals surface area contributed by atoms with Crippen LogP contribution in [-0.2, 0) is 23.0 Å². The number of hydrogen-bond acceptors (Lipinski definition) is 5. The molecule has 4 aromatic carbocycles. The van der Waals surface area contributed by atoms with Crippen LogP contribution in [0.4, 0.5) is 0 Å². The summed E-state index contributed by atoms with van der Waals surface area (Å²) < 4.78 is 34.4. The molecule has 5 aromatic rings. The van der Waals surface area contributed by atoms with Crippen molar-refractivity contribution in [2.75, 3.05) is 13.7 Å². The number of methoxy groups -OCH3 is 1. The van der Waals surface area contributed by atoms with Gasteiger partial charge in [0.2, 0.25) is 10.0 Å². The summed E-state index contributed by atoms with van der Waals surface area (Å²) in [6.45, 7) is -0.212. The first-order chi connectivity index (χ1) is 20.3. The third-order valence-electron chi connectivity index (χ3n) is 7.17. The summed E-state index contributed by atoms with van der Waals surface area (Å²) in [5.74, 6) is 0.0493. The molecule has 216 valence electrons. The number of fused-ring (bicyclic) bond motifs is 1. The highest BCUT2D eigenvalue weighted by molar-refractivity contribution is 7.89. The Morgan fingerprint density at radius 1 is 0.905 bits per heavy atom. The van der Waals surface area contributed by atoms with E-state index < -0.39 is 22.2 Å². The van der Waals surface area contributed by atoms with Crippen molar-refractivity contribution >= 4 is 26.8 Å². The predicted octanol–water partition coefficient (Wildman–Crippen LogP) is 4.77. The van der Waals surface area contributed by atoms with Gasteiger partial charge in [0.1, 0.15) is 5.75 Å². The molecule has 5 rings (SSSR count). The number of benzene rings is 4. The molecule has 9 heteroatoms. The van der Waals surface area contributed by atoms with Crippen LogP contribution in [0.3, 0.4) is 0 Å². The summed E-state index contributed by atoms with van der Waals surface area (Å²) in [4.78, 5) is 16.6. The number of nitrogens with zero attached hydrogens (tertiary/aromatic N) is 1. The minimum absolute atomic E-state index is 0.0353. The van der Waals surface area contributed by atoms with Crippen molar-refractivity contribution in [2.45, 2.75) is 30.0 Å².